The van der Waals surface area contributed by atoms with Crippen molar-refractivity contribution in [2.75, 3.05) is 13.1 Å². The first-order chi connectivity index (χ1) is 12.0. The van der Waals surface area contributed by atoms with Crippen LogP contribution in [0.2, 0.25) is 0 Å². The van der Waals surface area contributed by atoms with Crippen molar-refractivity contribution in [2.45, 2.75) is 43.4 Å². The molecule has 0 spiro atoms. The molecule has 6 nitrogen and oxygen atoms in total. The molecular weight excluding hydrogens is 340 g/mol. The Balaban J connectivity index is 1.93. The van der Waals surface area contributed by atoms with E-state index in [1.54, 1.807) is 0 Å². The van der Waals surface area contributed by atoms with Crippen LogP contribution >= 0.6 is 12.6 Å². The third-order valence-corrected chi connectivity index (χ3v) is 4.68. The molecule has 2 N–H and O–H groups in total. The number of hydrogen-bond acceptors (Lipinski definition) is 4. The van der Waals surface area contributed by atoms with E-state index in [0.717, 1.165) is 18.4 Å². The largest absolute Gasteiger partial charge is 0.481 e. The predicted molar refractivity (Wildman–Crippen MR) is 97.5 cm³/mol. The maximum Gasteiger partial charge on any atom is 0.305 e. The molecule has 2 atom stereocenters. The fraction of sp³-hybridized carbons (Fsp3) is 0.500. The molecule has 1 fully saturated rings. The minimum Gasteiger partial charge on any atom is -0.481 e. The monoisotopic (exact) mass is 364 g/mol. The van der Waals surface area contributed by atoms with Gasteiger partial charge in [0, 0.05) is 13.1 Å². The molecule has 1 saturated heterocycles. The normalized spacial score (nSPS) is 19.2. The number of thiol groups is 1. The highest BCUT2D eigenvalue weighted by atomic mass is 32.1. The number of aliphatic carboxylic acids is 1. The average Bonchev–Trinajstić information content (AvgIpc) is 2.76. The summed E-state index contributed by atoms with van der Waals surface area (Å²) in [7, 11) is 0. The van der Waals surface area contributed by atoms with Crippen LogP contribution in [0.3, 0.4) is 0 Å². The number of likely N-dealkylation sites (tertiary alicyclic amines) is 1. The fourth-order valence-corrected chi connectivity index (χ4v) is 3.18. The number of hydrogen-bond donors (Lipinski definition) is 3. The summed E-state index contributed by atoms with van der Waals surface area (Å²) in [6.07, 6.45) is 2.59. The van der Waals surface area contributed by atoms with Crippen molar-refractivity contribution in [3.05, 3.63) is 35.9 Å². The number of benzene rings is 1. The number of nitrogens with zero attached hydrogens (tertiary/aromatic N) is 1. The summed E-state index contributed by atoms with van der Waals surface area (Å²) in [5, 5.41) is 11.1. The van der Waals surface area contributed by atoms with E-state index in [1.807, 2.05) is 30.3 Å². The zero-order valence-electron chi connectivity index (χ0n) is 14.1. The number of carbonyl (C=O) groups is 3. The van der Waals surface area contributed by atoms with Gasteiger partial charge in [-0.3, -0.25) is 14.4 Å². The molecule has 0 aliphatic carbocycles. The summed E-state index contributed by atoms with van der Waals surface area (Å²) in [6, 6.07) is 8.98. The third-order valence-electron chi connectivity index (χ3n) is 4.27. The lowest BCUT2D eigenvalue weighted by Crippen LogP contribution is -2.49. The molecule has 1 aromatic carbocycles. The van der Waals surface area contributed by atoms with Crippen LogP contribution in [0.1, 0.15) is 31.2 Å². The van der Waals surface area contributed by atoms with Gasteiger partial charge in [-0.25, -0.2) is 0 Å². The topological polar surface area (TPSA) is 86.7 Å². The molecule has 0 aromatic heterocycles. The smallest absolute Gasteiger partial charge is 0.305 e. The summed E-state index contributed by atoms with van der Waals surface area (Å²) >= 11 is 4.37. The van der Waals surface area contributed by atoms with Crippen LogP contribution in [0.15, 0.2) is 30.3 Å². The summed E-state index contributed by atoms with van der Waals surface area (Å²) in [5.74, 6) is -1.41. The molecule has 136 valence electrons. The molecule has 0 saturated carbocycles. The number of nitrogens with one attached hydrogen (secondary N) is 1. The van der Waals surface area contributed by atoms with Gasteiger partial charge in [0.25, 0.3) is 0 Å². The lowest BCUT2D eigenvalue weighted by atomic mass is 10.1. The van der Waals surface area contributed by atoms with E-state index in [-0.39, 0.29) is 24.8 Å². The Labute approximate surface area is 153 Å². The standard InChI is InChI=1S/C18H24N2O4S/c21-16(22)9-11-20-10-5-4-8-14(18(20)24)19-17(23)15(25)12-13-6-2-1-3-7-13/h1-3,6-7,14-15,25H,4-5,8-12H2,(H,19,23)(H,21,22)/t14-,15-/m0/s1. The molecule has 0 radical (unpaired) electrons. The average molecular weight is 364 g/mol. The number of carbonyl (C=O) groups excluding carboxylic acids is 2. The maximum absolute atomic E-state index is 12.6. The van der Waals surface area contributed by atoms with E-state index in [2.05, 4.69) is 17.9 Å². The van der Waals surface area contributed by atoms with Crippen molar-refractivity contribution in [2.24, 2.45) is 0 Å². The predicted octanol–water partition coefficient (Wildman–Crippen LogP) is 1.50. The van der Waals surface area contributed by atoms with E-state index in [4.69, 9.17) is 5.11 Å². The molecule has 0 bridgehead atoms. The first-order valence-corrected chi connectivity index (χ1v) is 9.02. The van der Waals surface area contributed by atoms with E-state index >= 15 is 0 Å². The second-order valence-electron chi connectivity index (χ2n) is 6.23. The first-order valence-electron chi connectivity index (χ1n) is 8.50. The highest BCUT2D eigenvalue weighted by molar-refractivity contribution is 7.81. The number of carboxylic acid groups (broad SMARTS) is 1. The van der Waals surface area contributed by atoms with Gasteiger partial charge in [-0.15, -0.1) is 0 Å². The van der Waals surface area contributed by atoms with Gasteiger partial charge in [0.1, 0.15) is 6.04 Å². The molecule has 1 aliphatic rings. The third kappa shape index (κ3) is 6.08. The van der Waals surface area contributed by atoms with E-state index in [0.29, 0.717) is 19.4 Å². The zero-order chi connectivity index (χ0) is 18.2. The molecule has 2 amide bonds. The van der Waals surface area contributed by atoms with Gasteiger partial charge < -0.3 is 15.3 Å². The van der Waals surface area contributed by atoms with Crippen LogP contribution in [0, 0.1) is 0 Å². The second kappa shape index (κ2) is 9.46. The molecular formula is C18H24N2O4S. The number of amides is 2. The molecule has 1 aromatic rings. The van der Waals surface area contributed by atoms with Crippen LogP contribution in [-0.2, 0) is 20.8 Å². The molecule has 1 aliphatic heterocycles. The molecule has 1 heterocycles. The van der Waals surface area contributed by atoms with E-state index in [1.165, 1.54) is 4.90 Å². The fourth-order valence-electron chi connectivity index (χ4n) is 2.89. The maximum atomic E-state index is 12.6. The van der Waals surface area contributed by atoms with E-state index in [9.17, 15) is 14.4 Å². The molecule has 7 heteroatoms. The van der Waals surface area contributed by atoms with Crippen LogP contribution < -0.4 is 5.32 Å². The van der Waals surface area contributed by atoms with Crippen LogP contribution in [0.5, 0.6) is 0 Å². The molecule has 2 rings (SSSR count). The highest BCUT2D eigenvalue weighted by Crippen LogP contribution is 2.14. The van der Waals surface area contributed by atoms with Crippen molar-refractivity contribution in [3.8, 4) is 0 Å². The minimum absolute atomic E-state index is 0.0877. The Kier molecular flexibility index (Phi) is 7.31. The van der Waals surface area contributed by atoms with Gasteiger partial charge in [-0.2, -0.15) is 12.6 Å². The van der Waals surface area contributed by atoms with Crippen LogP contribution in [-0.4, -0.2) is 52.2 Å². The lowest BCUT2D eigenvalue weighted by molar-refractivity contribution is -0.140. The van der Waals surface area contributed by atoms with Crippen LogP contribution in [0.25, 0.3) is 0 Å². The second-order valence-corrected chi connectivity index (χ2v) is 6.85. The van der Waals surface area contributed by atoms with Gasteiger partial charge in [0.05, 0.1) is 11.7 Å². The molecule has 25 heavy (non-hydrogen) atoms. The quantitative estimate of drug-likeness (QED) is 0.640. The SMILES string of the molecule is O=C(O)CCN1CCCC[C@H](NC(=O)[C@@H](S)Cc2ccccc2)C1=O. The summed E-state index contributed by atoms with van der Waals surface area (Å²) < 4.78 is 0. The van der Waals surface area contributed by atoms with Crippen LogP contribution in [0.4, 0.5) is 0 Å². The van der Waals surface area contributed by atoms with Crippen molar-refractivity contribution >= 4 is 30.4 Å². The van der Waals surface area contributed by atoms with Crippen molar-refractivity contribution < 1.29 is 19.5 Å². The van der Waals surface area contributed by atoms with Crippen molar-refractivity contribution in [3.63, 3.8) is 0 Å². The zero-order valence-corrected chi connectivity index (χ0v) is 15.0. The van der Waals surface area contributed by atoms with Gasteiger partial charge in [-0.1, -0.05) is 30.3 Å². The Bertz CT molecular complexity index is 608. The Hall–Kier alpha value is -2.02. The summed E-state index contributed by atoms with van der Waals surface area (Å²) in [6.45, 7) is 0.710. The highest BCUT2D eigenvalue weighted by Gasteiger charge is 2.29. The Morgan fingerprint density at radius 3 is 2.68 bits per heavy atom. The number of carboxylic acids is 1. The minimum atomic E-state index is -0.934. The van der Waals surface area contributed by atoms with Gasteiger partial charge >= 0.3 is 5.97 Å². The summed E-state index contributed by atoms with van der Waals surface area (Å²) in [4.78, 5) is 37.2. The van der Waals surface area contributed by atoms with Gasteiger partial charge in [0.2, 0.25) is 11.8 Å². The number of rotatable bonds is 7. The van der Waals surface area contributed by atoms with Crippen molar-refractivity contribution in [1.29, 1.82) is 0 Å². The van der Waals surface area contributed by atoms with Gasteiger partial charge in [-0.05, 0) is 31.2 Å². The first kappa shape index (κ1) is 19.3. The van der Waals surface area contributed by atoms with E-state index < -0.39 is 17.3 Å². The van der Waals surface area contributed by atoms with Gasteiger partial charge in [0.15, 0.2) is 0 Å². The molecule has 0 unspecified atom stereocenters. The Morgan fingerprint density at radius 2 is 2.00 bits per heavy atom. The van der Waals surface area contributed by atoms with Crippen molar-refractivity contribution in [1.82, 2.24) is 10.2 Å². The lowest BCUT2D eigenvalue weighted by Gasteiger charge is -2.25. The summed E-state index contributed by atoms with van der Waals surface area (Å²) in [5.41, 5.74) is 1.01. The Morgan fingerprint density at radius 1 is 1.28 bits per heavy atom.